The van der Waals surface area contributed by atoms with Crippen LogP contribution in [0, 0.1) is 23.7 Å². The van der Waals surface area contributed by atoms with Crippen LogP contribution in [0.1, 0.15) is 41.0 Å². The number of amides is 2. The molecule has 1 saturated heterocycles. The third-order valence-electron chi connectivity index (χ3n) is 11.9. The number of methoxy groups -OCH3 is 2. The van der Waals surface area contributed by atoms with E-state index < -0.39 is 35.0 Å². The van der Waals surface area contributed by atoms with Crippen molar-refractivity contribution < 1.29 is 38.9 Å². The zero-order chi connectivity index (χ0) is 37.0. The number of rotatable bonds is 8. The van der Waals surface area contributed by atoms with Crippen LogP contribution in [0.5, 0.6) is 23.0 Å². The normalized spacial score (nSPS) is 26.3. The minimum Gasteiger partial charge on any atom is -0.508 e. The number of carbonyl (C=O) groups is 4. The smallest absolute Gasteiger partial charge is 0.233 e. The molecule has 0 radical (unpaired) electrons. The van der Waals surface area contributed by atoms with Gasteiger partial charge in [0, 0.05) is 41.6 Å². The molecule has 4 aromatic carbocycles. The van der Waals surface area contributed by atoms with E-state index in [0.717, 1.165) is 11.1 Å². The lowest BCUT2D eigenvalue weighted by atomic mass is 9.44. The molecule has 2 fully saturated rings. The van der Waals surface area contributed by atoms with E-state index in [1.807, 2.05) is 54.6 Å². The maximum Gasteiger partial charge on any atom is 0.233 e. The molecule has 8 rings (SSSR count). The molecule has 9 nitrogen and oxygen atoms in total. The van der Waals surface area contributed by atoms with Gasteiger partial charge < -0.3 is 19.7 Å². The van der Waals surface area contributed by atoms with Crippen molar-refractivity contribution in [3.63, 3.8) is 0 Å². The van der Waals surface area contributed by atoms with E-state index in [0.29, 0.717) is 34.4 Å². The summed E-state index contributed by atoms with van der Waals surface area (Å²) in [4.78, 5) is 60.3. The van der Waals surface area contributed by atoms with E-state index in [9.17, 15) is 19.8 Å². The maximum atomic E-state index is 15.3. The molecule has 1 aliphatic heterocycles. The standard InChI is InChI=1S/C44H39NO8/c1-52-29-21-35(47)39(36(22-29)53-2)40-30-17-18-31-38(43(51)45(42(31)50)20-19-25-13-15-28(46)16-14-25)33(30)23-34-41(49)32(26-9-5-3-6-10-26)24-37(48)44(34,40)27-11-7-4-8-12-27/h3-17,21-22,24,31,33-34,38,40,46-47H,18-20,23H2,1-2H3/t31-,33+,34-,38-,40+,44-/m0/s1. The molecule has 6 atom stereocenters. The number of hydrogen-bond acceptors (Lipinski definition) is 8. The number of benzene rings is 4. The van der Waals surface area contributed by atoms with Gasteiger partial charge in [0.2, 0.25) is 11.8 Å². The number of ketones is 2. The fraction of sp³-hybridized carbons (Fsp3) is 0.273. The summed E-state index contributed by atoms with van der Waals surface area (Å²) in [5.41, 5.74) is 1.91. The number of likely N-dealkylation sites (tertiary alicyclic amines) is 1. The van der Waals surface area contributed by atoms with Crippen molar-refractivity contribution in [1.29, 1.82) is 0 Å². The second-order valence-electron chi connectivity index (χ2n) is 14.3. The van der Waals surface area contributed by atoms with Crippen LogP contribution < -0.4 is 9.47 Å². The van der Waals surface area contributed by atoms with Crippen LogP contribution in [-0.2, 0) is 31.0 Å². The van der Waals surface area contributed by atoms with Crippen molar-refractivity contribution >= 4 is 29.0 Å². The highest BCUT2D eigenvalue weighted by Crippen LogP contribution is 2.65. The SMILES string of the molecule is COc1cc(O)c([C@H]2C3=CC[C@@H]4C(=O)N(CCc5ccc(O)cc5)C(=O)[C@@H]4[C@@H]3C[C@H]3C(=O)C(c4ccccc4)=CC(=O)[C@@]23c2ccccc2)c(OC)c1. The van der Waals surface area contributed by atoms with Gasteiger partial charge in [0.25, 0.3) is 0 Å². The van der Waals surface area contributed by atoms with Gasteiger partial charge in [0.1, 0.15) is 23.0 Å². The Morgan fingerprint density at radius 3 is 2.19 bits per heavy atom. The van der Waals surface area contributed by atoms with Crippen molar-refractivity contribution in [2.45, 2.75) is 30.6 Å². The molecule has 1 heterocycles. The van der Waals surface area contributed by atoms with Crippen LogP contribution in [0.2, 0.25) is 0 Å². The van der Waals surface area contributed by atoms with Crippen LogP contribution >= 0.6 is 0 Å². The Hall–Kier alpha value is -5.96. The lowest BCUT2D eigenvalue weighted by molar-refractivity contribution is -0.140. The number of ether oxygens (including phenoxy) is 2. The third-order valence-corrected chi connectivity index (χ3v) is 11.9. The Morgan fingerprint density at radius 1 is 0.811 bits per heavy atom. The van der Waals surface area contributed by atoms with Crippen LogP contribution in [0.15, 0.2) is 115 Å². The minimum absolute atomic E-state index is 0.130. The van der Waals surface area contributed by atoms with Gasteiger partial charge in [-0.1, -0.05) is 84.4 Å². The lowest BCUT2D eigenvalue weighted by Crippen LogP contribution is -2.58. The molecule has 1 saturated carbocycles. The number of hydrogen-bond donors (Lipinski definition) is 2. The van der Waals surface area contributed by atoms with E-state index >= 15 is 9.59 Å². The summed E-state index contributed by atoms with van der Waals surface area (Å²) >= 11 is 0. The summed E-state index contributed by atoms with van der Waals surface area (Å²) < 4.78 is 11.4. The first-order valence-electron chi connectivity index (χ1n) is 17.9. The van der Waals surface area contributed by atoms with E-state index in [1.54, 1.807) is 42.5 Å². The quantitative estimate of drug-likeness (QED) is 0.164. The summed E-state index contributed by atoms with van der Waals surface area (Å²) in [7, 11) is 2.95. The highest BCUT2D eigenvalue weighted by molar-refractivity contribution is 6.31. The molecular formula is C44H39NO8. The van der Waals surface area contributed by atoms with Gasteiger partial charge in [-0.3, -0.25) is 24.1 Å². The molecule has 2 amide bonds. The molecule has 0 spiro atoms. The third kappa shape index (κ3) is 5.28. The molecule has 0 aromatic heterocycles. The van der Waals surface area contributed by atoms with Crippen molar-refractivity contribution in [2.75, 3.05) is 20.8 Å². The van der Waals surface area contributed by atoms with Crippen LogP contribution in [0.25, 0.3) is 5.57 Å². The van der Waals surface area contributed by atoms with Crippen LogP contribution in [0.4, 0.5) is 0 Å². The topological polar surface area (TPSA) is 130 Å². The van der Waals surface area contributed by atoms with Crippen LogP contribution in [0.3, 0.4) is 0 Å². The van der Waals surface area contributed by atoms with Gasteiger partial charge in [-0.15, -0.1) is 0 Å². The van der Waals surface area contributed by atoms with Crippen molar-refractivity contribution in [3.05, 3.63) is 137 Å². The molecule has 4 aliphatic rings. The zero-order valence-corrected chi connectivity index (χ0v) is 29.4. The molecular weight excluding hydrogens is 670 g/mol. The van der Waals surface area contributed by atoms with Gasteiger partial charge in [-0.25, -0.2) is 0 Å². The highest BCUT2D eigenvalue weighted by Gasteiger charge is 2.66. The fourth-order valence-electron chi connectivity index (χ4n) is 9.54. The first kappa shape index (κ1) is 34.1. The Bertz CT molecular complexity index is 2190. The number of aromatic hydroxyl groups is 2. The minimum atomic E-state index is -1.52. The van der Waals surface area contributed by atoms with E-state index in [4.69, 9.17) is 9.47 Å². The van der Waals surface area contributed by atoms with Gasteiger partial charge >= 0.3 is 0 Å². The first-order chi connectivity index (χ1) is 25.7. The molecule has 0 unspecified atom stereocenters. The van der Waals surface area contributed by atoms with Crippen molar-refractivity contribution in [3.8, 4) is 23.0 Å². The monoisotopic (exact) mass is 709 g/mol. The van der Waals surface area contributed by atoms with Crippen molar-refractivity contribution in [2.24, 2.45) is 23.7 Å². The largest absolute Gasteiger partial charge is 0.508 e. The number of Topliss-reactive ketones (excluding diaryl/α,β-unsaturated/α-hetero) is 1. The number of carbonyl (C=O) groups excluding carboxylic acids is 4. The number of fused-ring (bicyclic) bond motifs is 4. The molecule has 53 heavy (non-hydrogen) atoms. The summed E-state index contributed by atoms with van der Waals surface area (Å²) in [5.74, 6) is -4.40. The van der Waals surface area contributed by atoms with Gasteiger partial charge in [-0.05, 0) is 60.1 Å². The Balaban J connectivity index is 1.32. The maximum absolute atomic E-state index is 15.3. The number of phenols is 2. The average Bonchev–Trinajstić information content (AvgIpc) is 3.43. The summed E-state index contributed by atoms with van der Waals surface area (Å²) in [5, 5.41) is 21.6. The first-order valence-corrected chi connectivity index (χ1v) is 17.9. The Kier molecular flexibility index (Phi) is 8.52. The molecule has 0 bridgehead atoms. The van der Waals surface area contributed by atoms with Crippen molar-refractivity contribution in [1.82, 2.24) is 4.90 Å². The Morgan fingerprint density at radius 2 is 1.51 bits per heavy atom. The second kappa shape index (κ2) is 13.2. The molecule has 268 valence electrons. The molecule has 2 N–H and O–H groups in total. The number of allylic oxidation sites excluding steroid dienone is 4. The predicted octanol–water partition coefficient (Wildman–Crippen LogP) is 6.18. The van der Waals surface area contributed by atoms with E-state index in [1.165, 1.54) is 31.3 Å². The number of nitrogens with zero attached hydrogens (tertiary/aromatic N) is 1. The van der Waals surface area contributed by atoms with Crippen LogP contribution in [-0.4, -0.2) is 59.3 Å². The average molecular weight is 710 g/mol. The summed E-state index contributed by atoms with van der Waals surface area (Å²) in [6, 6.07) is 28.1. The lowest BCUT2D eigenvalue weighted by Gasteiger charge is -2.55. The summed E-state index contributed by atoms with van der Waals surface area (Å²) in [6.07, 6.45) is 4.23. The van der Waals surface area contributed by atoms with Gasteiger partial charge in [-0.2, -0.15) is 0 Å². The van der Waals surface area contributed by atoms with E-state index in [-0.39, 0.29) is 60.0 Å². The zero-order valence-electron chi connectivity index (χ0n) is 29.4. The second-order valence-corrected chi connectivity index (χ2v) is 14.3. The van der Waals surface area contributed by atoms with Gasteiger partial charge in [0.05, 0.1) is 31.5 Å². The van der Waals surface area contributed by atoms with Gasteiger partial charge in [0.15, 0.2) is 11.6 Å². The Labute approximate surface area is 307 Å². The number of imide groups is 1. The van der Waals surface area contributed by atoms with E-state index in [2.05, 4.69) is 0 Å². The summed E-state index contributed by atoms with van der Waals surface area (Å²) in [6.45, 7) is 0.170. The molecule has 4 aromatic rings. The molecule has 3 aliphatic carbocycles. The number of phenolic OH excluding ortho intramolecular Hbond substituents is 2. The highest BCUT2D eigenvalue weighted by atomic mass is 16.5. The fourth-order valence-corrected chi connectivity index (χ4v) is 9.54. The predicted molar refractivity (Wildman–Crippen MR) is 196 cm³/mol. The molecule has 9 heteroatoms.